The van der Waals surface area contributed by atoms with Crippen LogP contribution in [-0.4, -0.2) is 14.8 Å². The van der Waals surface area contributed by atoms with Crippen molar-refractivity contribution in [2.24, 2.45) is 0 Å². The summed E-state index contributed by atoms with van der Waals surface area (Å²) in [7, 11) is 0. The van der Waals surface area contributed by atoms with E-state index < -0.39 is 0 Å². The molecular formula is C20H22ClN3S. The van der Waals surface area contributed by atoms with Gasteiger partial charge in [0.2, 0.25) is 0 Å². The number of benzene rings is 1. The molecule has 0 atom stereocenters. The average molecular weight is 372 g/mol. The SMILES string of the molecule is Cc1cccc(Sc2c(Cc3ccncc3Cl)c(C)nn2C(C)C)c1. The molecule has 0 aliphatic heterocycles. The predicted molar refractivity (Wildman–Crippen MR) is 105 cm³/mol. The van der Waals surface area contributed by atoms with Crippen molar-refractivity contribution >= 4 is 23.4 Å². The molecule has 25 heavy (non-hydrogen) atoms. The number of halogens is 1. The second-order valence-corrected chi connectivity index (χ2v) is 7.94. The Labute approximate surface area is 158 Å². The van der Waals surface area contributed by atoms with Crippen LogP contribution in [0.5, 0.6) is 0 Å². The van der Waals surface area contributed by atoms with Crippen molar-refractivity contribution in [1.82, 2.24) is 14.8 Å². The zero-order valence-electron chi connectivity index (χ0n) is 15.0. The van der Waals surface area contributed by atoms with E-state index in [0.29, 0.717) is 11.1 Å². The first-order valence-corrected chi connectivity index (χ1v) is 9.56. The van der Waals surface area contributed by atoms with E-state index in [1.807, 2.05) is 6.07 Å². The van der Waals surface area contributed by atoms with Gasteiger partial charge < -0.3 is 0 Å². The lowest BCUT2D eigenvalue weighted by molar-refractivity contribution is 0.489. The molecule has 0 spiro atoms. The Morgan fingerprint density at radius 2 is 2.00 bits per heavy atom. The molecule has 0 aliphatic carbocycles. The third-order valence-electron chi connectivity index (χ3n) is 4.08. The molecule has 2 heterocycles. The molecule has 0 aliphatic rings. The fourth-order valence-corrected chi connectivity index (χ4v) is 4.24. The second kappa shape index (κ2) is 7.63. The summed E-state index contributed by atoms with van der Waals surface area (Å²) in [5, 5.41) is 6.68. The van der Waals surface area contributed by atoms with Gasteiger partial charge in [-0.25, -0.2) is 0 Å². The molecule has 3 nitrogen and oxygen atoms in total. The number of aryl methyl sites for hydroxylation is 2. The van der Waals surface area contributed by atoms with E-state index >= 15 is 0 Å². The quantitative estimate of drug-likeness (QED) is 0.561. The van der Waals surface area contributed by atoms with Gasteiger partial charge in [-0.3, -0.25) is 9.67 Å². The summed E-state index contributed by atoms with van der Waals surface area (Å²) < 4.78 is 2.12. The Morgan fingerprint density at radius 3 is 2.68 bits per heavy atom. The molecule has 0 radical (unpaired) electrons. The van der Waals surface area contributed by atoms with Crippen LogP contribution < -0.4 is 0 Å². The first-order chi connectivity index (χ1) is 12.0. The largest absolute Gasteiger partial charge is 0.263 e. The van der Waals surface area contributed by atoms with Crippen LogP contribution in [0.25, 0.3) is 0 Å². The van der Waals surface area contributed by atoms with Crippen LogP contribution in [0, 0.1) is 13.8 Å². The second-order valence-electron chi connectivity index (χ2n) is 6.47. The number of hydrogen-bond donors (Lipinski definition) is 0. The third kappa shape index (κ3) is 4.07. The molecule has 2 aromatic heterocycles. The molecule has 130 valence electrons. The van der Waals surface area contributed by atoms with Gasteiger partial charge in [-0.05, 0) is 51.5 Å². The Kier molecular flexibility index (Phi) is 5.50. The molecule has 0 N–H and O–H groups in total. The Balaban J connectivity index is 2.04. The fourth-order valence-electron chi connectivity index (χ4n) is 2.75. The number of pyridine rings is 1. The van der Waals surface area contributed by atoms with Crippen molar-refractivity contribution in [2.45, 2.75) is 50.1 Å². The van der Waals surface area contributed by atoms with Crippen molar-refractivity contribution in [3.8, 4) is 0 Å². The third-order valence-corrected chi connectivity index (χ3v) is 5.53. The van der Waals surface area contributed by atoms with Crippen molar-refractivity contribution in [1.29, 1.82) is 0 Å². The number of hydrogen-bond acceptors (Lipinski definition) is 3. The molecule has 3 aromatic rings. The topological polar surface area (TPSA) is 30.7 Å². The lowest BCUT2D eigenvalue weighted by Crippen LogP contribution is -2.05. The van der Waals surface area contributed by atoms with Crippen molar-refractivity contribution in [3.63, 3.8) is 0 Å². The van der Waals surface area contributed by atoms with Crippen molar-refractivity contribution in [3.05, 3.63) is 70.1 Å². The van der Waals surface area contributed by atoms with Crippen LogP contribution in [0.15, 0.2) is 52.6 Å². The highest BCUT2D eigenvalue weighted by Gasteiger charge is 2.19. The molecule has 0 fully saturated rings. The van der Waals surface area contributed by atoms with E-state index in [2.05, 4.69) is 61.6 Å². The van der Waals surface area contributed by atoms with Crippen LogP contribution in [-0.2, 0) is 6.42 Å². The van der Waals surface area contributed by atoms with Gasteiger partial charge >= 0.3 is 0 Å². The van der Waals surface area contributed by atoms with E-state index in [4.69, 9.17) is 16.7 Å². The lowest BCUT2D eigenvalue weighted by atomic mass is 10.1. The van der Waals surface area contributed by atoms with Crippen LogP contribution in [0.1, 0.15) is 42.3 Å². The van der Waals surface area contributed by atoms with Gasteiger partial charge in [0.15, 0.2) is 0 Å². The minimum absolute atomic E-state index is 0.299. The molecular weight excluding hydrogens is 350 g/mol. The van der Waals surface area contributed by atoms with Gasteiger partial charge in [0.05, 0.1) is 10.7 Å². The monoisotopic (exact) mass is 371 g/mol. The van der Waals surface area contributed by atoms with E-state index in [-0.39, 0.29) is 0 Å². The maximum absolute atomic E-state index is 6.33. The van der Waals surface area contributed by atoms with Crippen molar-refractivity contribution in [2.75, 3.05) is 0 Å². The van der Waals surface area contributed by atoms with E-state index in [1.165, 1.54) is 21.0 Å². The first kappa shape index (κ1) is 18.0. The maximum atomic E-state index is 6.33. The minimum Gasteiger partial charge on any atom is -0.263 e. The van der Waals surface area contributed by atoms with E-state index in [0.717, 1.165) is 17.7 Å². The molecule has 1 aromatic carbocycles. The number of nitrogens with zero attached hydrogens (tertiary/aromatic N) is 3. The van der Waals surface area contributed by atoms with Crippen LogP contribution in [0.2, 0.25) is 5.02 Å². The van der Waals surface area contributed by atoms with Gasteiger partial charge in [0.1, 0.15) is 5.03 Å². The highest BCUT2D eigenvalue weighted by atomic mass is 35.5. The predicted octanol–water partition coefficient (Wildman–Crippen LogP) is 5.87. The van der Waals surface area contributed by atoms with Crippen molar-refractivity contribution < 1.29 is 0 Å². The van der Waals surface area contributed by atoms with Gasteiger partial charge in [0.25, 0.3) is 0 Å². The van der Waals surface area contributed by atoms with Crippen LogP contribution in [0.4, 0.5) is 0 Å². The van der Waals surface area contributed by atoms with Gasteiger partial charge in [-0.1, -0.05) is 41.1 Å². The Bertz CT molecular complexity index is 886. The first-order valence-electron chi connectivity index (χ1n) is 8.36. The van der Waals surface area contributed by atoms with Gasteiger partial charge in [-0.2, -0.15) is 5.10 Å². The molecule has 0 amide bonds. The maximum Gasteiger partial charge on any atom is 0.103 e. The Morgan fingerprint density at radius 1 is 1.20 bits per heavy atom. The highest BCUT2D eigenvalue weighted by molar-refractivity contribution is 7.99. The fraction of sp³-hybridized carbons (Fsp3) is 0.300. The number of aromatic nitrogens is 3. The molecule has 3 rings (SSSR count). The smallest absolute Gasteiger partial charge is 0.103 e. The van der Waals surface area contributed by atoms with Crippen LogP contribution in [0.3, 0.4) is 0 Å². The molecule has 0 saturated heterocycles. The molecule has 0 bridgehead atoms. The zero-order valence-corrected chi connectivity index (χ0v) is 16.5. The summed E-state index contributed by atoms with van der Waals surface area (Å²) in [6.07, 6.45) is 4.25. The summed E-state index contributed by atoms with van der Waals surface area (Å²) in [4.78, 5) is 5.31. The summed E-state index contributed by atoms with van der Waals surface area (Å²) in [6, 6.07) is 10.9. The molecule has 5 heteroatoms. The normalized spacial score (nSPS) is 11.3. The standard InChI is InChI=1S/C20H22ClN3S/c1-13(2)24-20(25-17-7-5-6-14(3)10-17)18(15(4)23-24)11-16-8-9-22-12-19(16)21/h5-10,12-13H,11H2,1-4H3. The summed E-state index contributed by atoms with van der Waals surface area (Å²) >= 11 is 8.10. The lowest BCUT2D eigenvalue weighted by Gasteiger charge is -2.13. The zero-order chi connectivity index (χ0) is 18.0. The summed E-state index contributed by atoms with van der Waals surface area (Å²) in [6.45, 7) is 8.52. The van der Waals surface area contributed by atoms with Crippen LogP contribution >= 0.6 is 23.4 Å². The van der Waals surface area contributed by atoms with E-state index in [1.54, 1.807) is 24.2 Å². The Hall–Kier alpha value is -1.78. The highest BCUT2D eigenvalue weighted by Crippen LogP contribution is 2.36. The van der Waals surface area contributed by atoms with E-state index in [9.17, 15) is 0 Å². The number of rotatable bonds is 5. The molecule has 0 unspecified atom stereocenters. The average Bonchev–Trinajstić information content (AvgIpc) is 2.86. The summed E-state index contributed by atoms with van der Waals surface area (Å²) in [5.74, 6) is 0. The summed E-state index contributed by atoms with van der Waals surface area (Å²) in [5.41, 5.74) is 4.62. The minimum atomic E-state index is 0.299. The van der Waals surface area contributed by atoms with Gasteiger partial charge in [-0.15, -0.1) is 0 Å². The molecule has 0 saturated carbocycles. The van der Waals surface area contributed by atoms with Gasteiger partial charge in [0, 0.05) is 35.3 Å².